The summed E-state index contributed by atoms with van der Waals surface area (Å²) in [7, 11) is 3.15. The molecular formula is C21H25N3O3S2. The van der Waals surface area contributed by atoms with Gasteiger partial charge >= 0.3 is 0 Å². The van der Waals surface area contributed by atoms with E-state index in [0.29, 0.717) is 17.2 Å². The number of hydrogen-bond acceptors (Lipinski definition) is 7. The van der Waals surface area contributed by atoms with E-state index >= 15 is 0 Å². The fourth-order valence-electron chi connectivity index (χ4n) is 2.92. The van der Waals surface area contributed by atoms with Crippen LogP contribution in [0.4, 0.5) is 5.69 Å². The summed E-state index contributed by atoms with van der Waals surface area (Å²) in [6.45, 7) is 6.29. The number of anilines is 1. The molecule has 1 amide bonds. The topological polar surface area (TPSA) is 73.3 Å². The highest BCUT2D eigenvalue weighted by atomic mass is 32.2. The predicted molar refractivity (Wildman–Crippen MR) is 120 cm³/mol. The van der Waals surface area contributed by atoms with E-state index in [-0.39, 0.29) is 11.7 Å². The van der Waals surface area contributed by atoms with E-state index in [1.165, 1.54) is 22.2 Å². The number of methoxy groups -OCH3 is 2. The molecule has 0 aliphatic carbocycles. The molecule has 0 aliphatic rings. The third-order valence-corrected chi connectivity index (χ3v) is 6.61. The number of aryl methyl sites for hydroxylation is 3. The Balaban J connectivity index is 1.79. The summed E-state index contributed by atoms with van der Waals surface area (Å²) in [5.74, 6) is 2.19. The second kappa shape index (κ2) is 9.45. The number of thioether (sulfide) groups is 1. The average Bonchev–Trinajstić information content (AvgIpc) is 3.00. The summed E-state index contributed by atoms with van der Waals surface area (Å²) >= 11 is 3.13. The molecule has 2 heterocycles. The van der Waals surface area contributed by atoms with Gasteiger partial charge in [0.25, 0.3) is 0 Å². The molecule has 6 nitrogen and oxygen atoms in total. The SMILES string of the molecule is CCCc1nc(SCC(=O)Nc2ccc(OC)cc2OC)c2c(C)c(C)sc2n1. The van der Waals surface area contributed by atoms with E-state index in [4.69, 9.17) is 19.4 Å². The molecule has 0 unspecified atom stereocenters. The Labute approximate surface area is 179 Å². The van der Waals surface area contributed by atoms with Crippen molar-refractivity contribution in [2.24, 2.45) is 0 Å². The zero-order chi connectivity index (χ0) is 21.0. The van der Waals surface area contributed by atoms with Gasteiger partial charge in [0.2, 0.25) is 5.91 Å². The number of hydrogen-bond donors (Lipinski definition) is 1. The zero-order valence-electron chi connectivity index (χ0n) is 17.3. The Morgan fingerprint density at radius 1 is 1.21 bits per heavy atom. The van der Waals surface area contributed by atoms with Crippen molar-refractivity contribution in [1.29, 1.82) is 0 Å². The van der Waals surface area contributed by atoms with Crippen LogP contribution in [0.15, 0.2) is 23.2 Å². The lowest BCUT2D eigenvalue weighted by Crippen LogP contribution is -2.15. The average molecular weight is 432 g/mol. The second-order valence-electron chi connectivity index (χ2n) is 6.56. The summed E-state index contributed by atoms with van der Waals surface area (Å²) in [5, 5.41) is 4.84. The molecule has 0 atom stereocenters. The molecule has 29 heavy (non-hydrogen) atoms. The highest BCUT2D eigenvalue weighted by Crippen LogP contribution is 2.35. The Hall–Kier alpha value is -2.32. The van der Waals surface area contributed by atoms with Crippen LogP contribution in [0, 0.1) is 13.8 Å². The molecule has 0 saturated heterocycles. The van der Waals surface area contributed by atoms with Crippen molar-refractivity contribution in [3.8, 4) is 11.5 Å². The van der Waals surface area contributed by atoms with E-state index in [0.717, 1.165) is 33.9 Å². The van der Waals surface area contributed by atoms with Crippen LogP contribution in [0.5, 0.6) is 11.5 Å². The lowest BCUT2D eigenvalue weighted by Gasteiger charge is -2.12. The number of carbonyl (C=O) groups excluding carboxylic acids is 1. The standard InChI is InChI=1S/C21H25N3O3S2/c1-6-7-17-23-20(19-12(2)13(3)29-21(19)24-17)28-11-18(25)22-15-9-8-14(26-4)10-16(15)27-5/h8-10H,6-7,11H2,1-5H3,(H,22,25). The van der Waals surface area contributed by atoms with Crippen LogP contribution in [0.1, 0.15) is 29.6 Å². The normalized spacial score (nSPS) is 10.9. The van der Waals surface area contributed by atoms with Crippen LogP contribution in [-0.2, 0) is 11.2 Å². The first-order chi connectivity index (χ1) is 14.0. The lowest BCUT2D eigenvalue weighted by atomic mass is 10.2. The summed E-state index contributed by atoms with van der Waals surface area (Å²) in [5.41, 5.74) is 1.80. The van der Waals surface area contributed by atoms with E-state index in [2.05, 4.69) is 26.1 Å². The quantitative estimate of drug-likeness (QED) is 0.399. The summed E-state index contributed by atoms with van der Waals surface area (Å²) in [6.07, 6.45) is 1.81. The molecule has 2 aromatic heterocycles. The predicted octanol–water partition coefficient (Wildman–Crippen LogP) is 5.01. The zero-order valence-corrected chi connectivity index (χ0v) is 18.9. The van der Waals surface area contributed by atoms with Crippen LogP contribution in [0.3, 0.4) is 0 Å². The number of benzene rings is 1. The van der Waals surface area contributed by atoms with Crippen LogP contribution >= 0.6 is 23.1 Å². The molecule has 0 bridgehead atoms. The number of ether oxygens (including phenoxy) is 2. The third kappa shape index (κ3) is 4.82. The number of amides is 1. The molecule has 0 saturated carbocycles. The highest BCUT2D eigenvalue weighted by Gasteiger charge is 2.17. The Bertz CT molecular complexity index is 1030. The Morgan fingerprint density at radius 3 is 2.69 bits per heavy atom. The first-order valence-electron chi connectivity index (χ1n) is 9.38. The van der Waals surface area contributed by atoms with Gasteiger partial charge in [0.15, 0.2) is 0 Å². The third-order valence-electron chi connectivity index (χ3n) is 4.54. The molecule has 154 valence electrons. The molecule has 1 N–H and O–H groups in total. The maximum absolute atomic E-state index is 12.6. The molecular weight excluding hydrogens is 406 g/mol. The molecule has 0 fully saturated rings. The van der Waals surface area contributed by atoms with E-state index in [1.807, 2.05) is 0 Å². The lowest BCUT2D eigenvalue weighted by molar-refractivity contribution is -0.113. The monoisotopic (exact) mass is 431 g/mol. The minimum atomic E-state index is -0.119. The minimum absolute atomic E-state index is 0.119. The van der Waals surface area contributed by atoms with Crippen LogP contribution in [-0.4, -0.2) is 35.8 Å². The van der Waals surface area contributed by atoms with Gasteiger partial charge in [-0.05, 0) is 38.0 Å². The van der Waals surface area contributed by atoms with Gasteiger partial charge < -0.3 is 14.8 Å². The summed E-state index contributed by atoms with van der Waals surface area (Å²) in [4.78, 5) is 24.3. The smallest absolute Gasteiger partial charge is 0.234 e. The summed E-state index contributed by atoms with van der Waals surface area (Å²) < 4.78 is 10.5. The number of aromatic nitrogens is 2. The Kier molecular flexibility index (Phi) is 6.97. The molecule has 1 aromatic carbocycles. The van der Waals surface area contributed by atoms with Crippen molar-refractivity contribution < 1.29 is 14.3 Å². The number of carbonyl (C=O) groups is 1. The van der Waals surface area contributed by atoms with Crippen molar-refractivity contribution in [2.75, 3.05) is 25.3 Å². The molecule has 0 aliphatic heterocycles. The largest absolute Gasteiger partial charge is 0.497 e. The molecule has 3 rings (SSSR count). The number of nitrogens with zero attached hydrogens (tertiary/aromatic N) is 2. The number of nitrogens with one attached hydrogen (secondary N) is 1. The molecule has 3 aromatic rings. The van der Waals surface area contributed by atoms with Crippen molar-refractivity contribution in [1.82, 2.24) is 9.97 Å². The van der Waals surface area contributed by atoms with Crippen LogP contribution < -0.4 is 14.8 Å². The fraction of sp³-hybridized carbons (Fsp3) is 0.381. The second-order valence-corrected chi connectivity index (χ2v) is 8.73. The van der Waals surface area contributed by atoms with E-state index < -0.39 is 0 Å². The minimum Gasteiger partial charge on any atom is -0.497 e. The number of rotatable bonds is 8. The number of thiophene rings is 1. The Morgan fingerprint density at radius 2 is 2.00 bits per heavy atom. The van der Waals surface area contributed by atoms with Gasteiger partial charge in [-0.15, -0.1) is 11.3 Å². The summed E-state index contributed by atoms with van der Waals surface area (Å²) in [6, 6.07) is 5.30. The van der Waals surface area contributed by atoms with Gasteiger partial charge in [-0.3, -0.25) is 4.79 Å². The maximum atomic E-state index is 12.6. The van der Waals surface area contributed by atoms with Crippen molar-refractivity contribution in [3.63, 3.8) is 0 Å². The molecule has 0 radical (unpaired) electrons. The van der Waals surface area contributed by atoms with E-state index in [9.17, 15) is 4.79 Å². The van der Waals surface area contributed by atoms with Gasteiger partial charge in [0, 0.05) is 22.8 Å². The first-order valence-corrected chi connectivity index (χ1v) is 11.2. The van der Waals surface area contributed by atoms with Crippen molar-refractivity contribution >= 4 is 44.9 Å². The molecule has 8 heteroatoms. The maximum Gasteiger partial charge on any atom is 0.234 e. The van der Waals surface area contributed by atoms with Gasteiger partial charge in [-0.25, -0.2) is 9.97 Å². The van der Waals surface area contributed by atoms with Crippen molar-refractivity contribution in [2.45, 2.75) is 38.6 Å². The van der Waals surface area contributed by atoms with Gasteiger partial charge in [-0.1, -0.05) is 18.7 Å². The fourth-order valence-corrected chi connectivity index (χ4v) is 4.93. The van der Waals surface area contributed by atoms with Crippen molar-refractivity contribution in [3.05, 3.63) is 34.5 Å². The first kappa shape index (κ1) is 21.4. The van der Waals surface area contributed by atoms with Crippen LogP contribution in [0.25, 0.3) is 10.2 Å². The van der Waals surface area contributed by atoms with E-state index in [1.54, 1.807) is 43.8 Å². The van der Waals surface area contributed by atoms with Gasteiger partial charge in [0.05, 0.1) is 25.7 Å². The highest BCUT2D eigenvalue weighted by molar-refractivity contribution is 8.00. The number of fused-ring (bicyclic) bond motifs is 1. The molecule has 0 spiro atoms. The van der Waals surface area contributed by atoms with Gasteiger partial charge in [-0.2, -0.15) is 0 Å². The van der Waals surface area contributed by atoms with Crippen LogP contribution in [0.2, 0.25) is 0 Å². The van der Waals surface area contributed by atoms with Gasteiger partial charge in [0.1, 0.15) is 27.2 Å².